The number of thiocarbonyl (C=S) groups is 1. The minimum absolute atomic E-state index is 0.0340. The third-order valence-corrected chi connectivity index (χ3v) is 7.31. The number of amides is 6. The first-order valence-corrected chi connectivity index (χ1v) is 14.2. The van der Waals surface area contributed by atoms with E-state index >= 15 is 0 Å². The number of hydrogen-bond donors (Lipinski definition) is 6. The zero-order valence-electron chi connectivity index (χ0n) is 24.5. The van der Waals surface area contributed by atoms with Crippen molar-refractivity contribution in [1.29, 1.82) is 0 Å². The number of isothiocyanates is 1. The third kappa shape index (κ3) is 11.6. The molecule has 1 heterocycles. The van der Waals surface area contributed by atoms with E-state index in [1.165, 1.54) is 0 Å². The van der Waals surface area contributed by atoms with Gasteiger partial charge in [0.15, 0.2) is 0 Å². The molecule has 46 heavy (non-hydrogen) atoms. The van der Waals surface area contributed by atoms with E-state index in [4.69, 9.17) is 0 Å². The van der Waals surface area contributed by atoms with Gasteiger partial charge in [-0.25, -0.2) is 28.8 Å². The maximum Gasteiger partial charge on any atom is 0.407 e. The lowest BCUT2D eigenvalue weighted by Gasteiger charge is -2.35. The highest BCUT2D eigenvalue weighted by Crippen LogP contribution is 2.17. The molecule has 0 aliphatic carbocycles. The van der Waals surface area contributed by atoms with Gasteiger partial charge < -0.3 is 60.0 Å². The van der Waals surface area contributed by atoms with Crippen molar-refractivity contribution >= 4 is 59.6 Å². The standard InChI is InChI=1S/C26H35N7O12S/c34-21(35)28-5-6-29(22(36)37)9-10-31(24(40)41)13-14-33(26(44)45)20(15-18-1-3-19(4-2-18)27-17-46)16-32(25(42)43)12-11-30(8-7-28)23(38)39/h1-4,20H,5-16H2,(H,34,35)(H,36,37)(H,38,39)(H,40,41)(H,42,43)(H,44,45). The lowest BCUT2D eigenvalue weighted by atomic mass is 10.0. The molecular weight excluding hydrogens is 634 g/mol. The summed E-state index contributed by atoms with van der Waals surface area (Å²) in [6.07, 6.45) is -8.84. The van der Waals surface area contributed by atoms with Crippen molar-refractivity contribution < 1.29 is 59.4 Å². The molecule has 6 N–H and O–H groups in total. The molecule has 0 bridgehead atoms. The average molecular weight is 670 g/mol. The van der Waals surface area contributed by atoms with Gasteiger partial charge in [0.25, 0.3) is 0 Å². The molecule has 1 saturated heterocycles. The van der Waals surface area contributed by atoms with Crippen LogP contribution in [0.4, 0.5) is 34.5 Å². The summed E-state index contributed by atoms with van der Waals surface area (Å²) in [6, 6.07) is 5.32. The van der Waals surface area contributed by atoms with Gasteiger partial charge in [-0.2, -0.15) is 4.99 Å². The highest BCUT2D eigenvalue weighted by molar-refractivity contribution is 7.78. The van der Waals surface area contributed by atoms with Crippen LogP contribution in [-0.4, -0.2) is 180 Å². The van der Waals surface area contributed by atoms with Crippen LogP contribution in [0.15, 0.2) is 29.3 Å². The molecule has 1 aromatic rings. The monoisotopic (exact) mass is 669 g/mol. The summed E-state index contributed by atoms with van der Waals surface area (Å²) in [6.45, 7) is -4.32. The summed E-state index contributed by atoms with van der Waals surface area (Å²) in [5, 5.41) is 61.0. The second-order valence-corrected chi connectivity index (χ2v) is 10.2. The predicted octanol–water partition coefficient (Wildman–Crippen LogP) is 2.23. The Labute approximate surface area is 267 Å². The smallest absolute Gasteiger partial charge is 0.407 e. The van der Waals surface area contributed by atoms with Crippen molar-refractivity contribution in [3.63, 3.8) is 0 Å². The summed E-state index contributed by atoms with van der Waals surface area (Å²) in [5.41, 5.74) is 1.04. The van der Waals surface area contributed by atoms with Crippen molar-refractivity contribution in [2.45, 2.75) is 12.5 Å². The average Bonchev–Trinajstić information content (AvgIpc) is 2.97. The Morgan fingerprint density at radius 2 is 0.935 bits per heavy atom. The first-order chi connectivity index (χ1) is 21.7. The van der Waals surface area contributed by atoms with Gasteiger partial charge in [0.2, 0.25) is 0 Å². The first kappa shape index (κ1) is 36.8. The molecule has 1 unspecified atom stereocenters. The van der Waals surface area contributed by atoms with Crippen LogP contribution in [0.5, 0.6) is 0 Å². The number of carboxylic acid groups (broad SMARTS) is 6. The van der Waals surface area contributed by atoms with E-state index in [1.807, 2.05) is 0 Å². The fourth-order valence-corrected chi connectivity index (χ4v) is 4.77. The van der Waals surface area contributed by atoms with Crippen molar-refractivity contribution in [3.8, 4) is 0 Å². The molecule has 252 valence electrons. The lowest BCUT2D eigenvalue weighted by molar-refractivity contribution is 0.0795. The number of benzene rings is 1. The van der Waals surface area contributed by atoms with Gasteiger partial charge in [0.05, 0.1) is 16.9 Å². The zero-order valence-corrected chi connectivity index (χ0v) is 25.4. The third-order valence-electron chi connectivity index (χ3n) is 7.22. The van der Waals surface area contributed by atoms with Gasteiger partial charge in [0.1, 0.15) is 0 Å². The molecule has 0 saturated carbocycles. The van der Waals surface area contributed by atoms with Crippen LogP contribution >= 0.6 is 12.2 Å². The topological polar surface area (TPSA) is 256 Å². The van der Waals surface area contributed by atoms with Gasteiger partial charge in [0, 0.05) is 72.0 Å². The summed E-state index contributed by atoms with van der Waals surface area (Å²) >= 11 is 4.59. The van der Waals surface area contributed by atoms with E-state index in [2.05, 4.69) is 22.4 Å². The molecular formula is C26H35N7O12S. The minimum atomic E-state index is -1.48. The zero-order chi connectivity index (χ0) is 34.4. The summed E-state index contributed by atoms with van der Waals surface area (Å²) in [5.74, 6) is 0. The van der Waals surface area contributed by atoms with Crippen LogP contribution in [0, 0.1) is 0 Å². The van der Waals surface area contributed by atoms with Gasteiger partial charge in [-0.3, -0.25) is 0 Å². The molecule has 6 amide bonds. The highest BCUT2D eigenvalue weighted by Gasteiger charge is 2.30. The van der Waals surface area contributed by atoms with E-state index in [9.17, 15) is 59.4 Å². The van der Waals surface area contributed by atoms with Gasteiger partial charge >= 0.3 is 36.6 Å². The Morgan fingerprint density at radius 3 is 1.26 bits per heavy atom. The summed E-state index contributed by atoms with van der Waals surface area (Å²) < 4.78 is 0. The van der Waals surface area contributed by atoms with Crippen LogP contribution < -0.4 is 0 Å². The molecule has 1 aliphatic heterocycles. The van der Waals surface area contributed by atoms with Gasteiger partial charge in [-0.1, -0.05) is 12.1 Å². The normalized spacial score (nSPS) is 17.7. The Kier molecular flexibility index (Phi) is 14.3. The molecule has 0 aromatic heterocycles. The second kappa shape index (κ2) is 17.8. The minimum Gasteiger partial charge on any atom is -0.465 e. The second-order valence-electron chi connectivity index (χ2n) is 10.0. The Morgan fingerprint density at radius 1 is 0.587 bits per heavy atom. The number of hydrogen-bond acceptors (Lipinski definition) is 8. The molecule has 1 aromatic carbocycles. The molecule has 1 atom stereocenters. The number of rotatable bonds is 3. The predicted molar refractivity (Wildman–Crippen MR) is 161 cm³/mol. The fraction of sp³-hybridized carbons (Fsp3) is 0.500. The van der Waals surface area contributed by atoms with E-state index in [1.54, 1.807) is 24.3 Å². The molecule has 1 aliphatic rings. The van der Waals surface area contributed by atoms with Crippen LogP contribution in [0.25, 0.3) is 0 Å². The number of carbonyl (C=O) groups is 6. The largest absolute Gasteiger partial charge is 0.465 e. The molecule has 19 nitrogen and oxygen atoms in total. The van der Waals surface area contributed by atoms with E-state index in [-0.39, 0.29) is 45.7 Å². The van der Waals surface area contributed by atoms with Crippen molar-refractivity contribution in [2.24, 2.45) is 4.99 Å². The number of aliphatic imine (C=N–C) groups is 1. The van der Waals surface area contributed by atoms with Gasteiger partial charge in [-0.05, 0) is 36.3 Å². The maximum absolute atomic E-state index is 12.5. The van der Waals surface area contributed by atoms with Crippen LogP contribution in [0.2, 0.25) is 0 Å². The molecule has 0 radical (unpaired) electrons. The van der Waals surface area contributed by atoms with Gasteiger partial charge in [-0.15, -0.1) is 0 Å². The van der Waals surface area contributed by atoms with Crippen LogP contribution in [-0.2, 0) is 6.42 Å². The van der Waals surface area contributed by atoms with E-state index < -0.39 is 75.3 Å². The summed E-state index contributed by atoms with van der Waals surface area (Å²) in [7, 11) is 0. The number of nitrogens with zero attached hydrogens (tertiary/aromatic N) is 7. The van der Waals surface area contributed by atoms with E-state index in [0.717, 1.165) is 29.4 Å². The van der Waals surface area contributed by atoms with Crippen molar-refractivity contribution in [3.05, 3.63) is 29.8 Å². The van der Waals surface area contributed by atoms with E-state index in [0.29, 0.717) is 11.3 Å². The Bertz CT molecular complexity index is 1310. The van der Waals surface area contributed by atoms with Crippen LogP contribution in [0.3, 0.4) is 0 Å². The first-order valence-electron chi connectivity index (χ1n) is 13.8. The van der Waals surface area contributed by atoms with Crippen molar-refractivity contribution in [2.75, 3.05) is 72.0 Å². The Hall–Kier alpha value is -5.36. The molecule has 2 rings (SSSR count). The highest BCUT2D eigenvalue weighted by atomic mass is 32.1. The quantitative estimate of drug-likeness (QED) is 0.200. The van der Waals surface area contributed by atoms with Crippen LogP contribution in [0.1, 0.15) is 5.56 Å². The SMILES string of the molecule is O=C(O)N1CCN(C(=O)O)CCN(C(=O)O)CCN(C(=O)O)C(Cc2ccc(N=C=S)cc2)CN(C(=O)O)CCN(C(=O)O)CC1. The summed E-state index contributed by atoms with van der Waals surface area (Å²) in [4.78, 5) is 81.0. The van der Waals surface area contributed by atoms with Crippen molar-refractivity contribution in [1.82, 2.24) is 29.4 Å². The Balaban J connectivity index is 2.51. The maximum atomic E-state index is 12.5. The molecule has 0 spiro atoms. The fourth-order valence-electron chi connectivity index (χ4n) is 4.66. The lowest BCUT2D eigenvalue weighted by Crippen LogP contribution is -2.53. The molecule has 1 fully saturated rings. The molecule has 20 heteroatoms.